The van der Waals surface area contributed by atoms with Gasteiger partial charge in [-0.05, 0) is 19.3 Å². The van der Waals surface area contributed by atoms with Crippen LogP contribution < -0.4 is 0 Å². The zero-order valence-electron chi connectivity index (χ0n) is 12.6. The summed E-state index contributed by atoms with van der Waals surface area (Å²) in [4.78, 5) is 0. The second-order valence-electron chi connectivity index (χ2n) is 5.07. The lowest BCUT2D eigenvalue weighted by molar-refractivity contribution is 0.904. The van der Waals surface area contributed by atoms with E-state index in [-0.39, 0.29) is 0 Å². The summed E-state index contributed by atoms with van der Waals surface area (Å²) in [6, 6.07) is 0. The number of rotatable bonds is 10. The van der Waals surface area contributed by atoms with Crippen molar-refractivity contribution >= 4 is 8.07 Å². The molecule has 102 valence electrons. The minimum absolute atomic E-state index is 1.07. The molecule has 0 nitrogen and oxygen atoms in total. The van der Waals surface area contributed by atoms with Gasteiger partial charge in [-0.15, -0.1) is 26.3 Å². The highest BCUT2D eigenvalue weighted by Gasteiger charge is 2.37. The third kappa shape index (κ3) is 3.58. The topological polar surface area (TPSA) is 0 Å². The normalized spacial score (nSPS) is 11.1. The van der Waals surface area contributed by atoms with E-state index in [0.29, 0.717) is 0 Å². The summed E-state index contributed by atoms with van der Waals surface area (Å²) in [5, 5.41) is 4.03. The van der Waals surface area contributed by atoms with E-state index >= 15 is 0 Å². The van der Waals surface area contributed by atoms with Crippen molar-refractivity contribution in [3.05, 3.63) is 47.6 Å². The van der Waals surface area contributed by atoms with E-state index in [1.54, 1.807) is 0 Å². The Kier molecular flexibility index (Phi) is 7.93. The fourth-order valence-electron chi connectivity index (χ4n) is 2.68. The molecule has 0 aliphatic carbocycles. The van der Waals surface area contributed by atoms with Crippen molar-refractivity contribution in [3.63, 3.8) is 0 Å². The van der Waals surface area contributed by atoms with E-state index in [0.717, 1.165) is 38.5 Å². The molecule has 0 N–H and O–H groups in total. The van der Waals surface area contributed by atoms with Crippen molar-refractivity contribution in [3.8, 4) is 0 Å². The summed E-state index contributed by atoms with van der Waals surface area (Å²) in [5.74, 6) is 0. The molecule has 1 heteroatoms. The Morgan fingerprint density at radius 3 is 1.22 bits per heavy atom. The van der Waals surface area contributed by atoms with E-state index in [4.69, 9.17) is 0 Å². The highest BCUT2D eigenvalue weighted by Crippen LogP contribution is 2.36. The van der Waals surface area contributed by atoms with E-state index in [1.165, 1.54) is 15.6 Å². The SMILES string of the molecule is C=C[Si](C(=C)CCC)(C(=C)CCC)C(=C)CCC. The first kappa shape index (κ1) is 17.2. The lowest BCUT2D eigenvalue weighted by Gasteiger charge is -2.35. The molecule has 0 bridgehead atoms. The molecular weight excluding hydrogens is 232 g/mol. The third-order valence-electron chi connectivity index (χ3n) is 3.63. The highest BCUT2D eigenvalue weighted by atomic mass is 28.3. The Balaban J connectivity index is 5.45. The van der Waals surface area contributed by atoms with Crippen molar-refractivity contribution < 1.29 is 0 Å². The second-order valence-corrected chi connectivity index (χ2v) is 9.22. The van der Waals surface area contributed by atoms with Crippen molar-refractivity contribution in [2.75, 3.05) is 0 Å². The van der Waals surface area contributed by atoms with Gasteiger partial charge in [-0.3, -0.25) is 0 Å². The van der Waals surface area contributed by atoms with Crippen molar-refractivity contribution in [2.24, 2.45) is 0 Å². The maximum absolute atomic E-state index is 4.36. The molecule has 0 aliphatic rings. The van der Waals surface area contributed by atoms with Gasteiger partial charge in [0.15, 0.2) is 8.07 Å². The molecule has 0 heterocycles. The monoisotopic (exact) mass is 262 g/mol. The van der Waals surface area contributed by atoms with Crippen LogP contribution in [0.2, 0.25) is 0 Å². The molecule has 0 aromatic carbocycles. The van der Waals surface area contributed by atoms with Crippen molar-refractivity contribution in [2.45, 2.75) is 59.3 Å². The number of allylic oxidation sites excluding steroid dienone is 3. The van der Waals surface area contributed by atoms with E-state index in [1.807, 2.05) is 0 Å². The van der Waals surface area contributed by atoms with Crippen LogP contribution in [0.15, 0.2) is 47.6 Å². The van der Waals surface area contributed by atoms with Gasteiger partial charge in [-0.25, -0.2) is 0 Å². The number of hydrogen-bond donors (Lipinski definition) is 0. The maximum atomic E-state index is 4.36. The van der Waals surface area contributed by atoms with Crippen LogP contribution in [-0.2, 0) is 0 Å². The summed E-state index contributed by atoms with van der Waals surface area (Å²) in [6.45, 7) is 23.8. The second kappa shape index (κ2) is 8.31. The van der Waals surface area contributed by atoms with Crippen LogP contribution in [0.3, 0.4) is 0 Å². The van der Waals surface area contributed by atoms with Gasteiger partial charge in [0, 0.05) is 0 Å². The first-order valence-electron chi connectivity index (χ1n) is 7.19. The quantitative estimate of drug-likeness (QED) is 0.433. The van der Waals surface area contributed by atoms with Crippen molar-refractivity contribution in [1.82, 2.24) is 0 Å². The van der Waals surface area contributed by atoms with Gasteiger partial charge in [0.1, 0.15) is 0 Å². The first-order valence-corrected chi connectivity index (χ1v) is 9.27. The Labute approximate surface area is 115 Å². The summed E-state index contributed by atoms with van der Waals surface area (Å²) in [7, 11) is -1.96. The Bertz CT molecular complexity index is 277. The predicted molar refractivity (Wildman–Crippen MR) is 88.1 cm³/mol. The summed E-state index contributed by atoms with van der Waals surface area (Å²) in [6.07, 6.45) is 6.64. The molecule has 18 heavy (non-hydrogen) atoms. The fourth-order valence-corrected chi connectivity index (χ4v) is 6.98. The molecule has 0 aliphatic heterocycles. The van der Waals surface area contributed by atoms with Crippen LogP contribution in [0.25, 0.3) is 0 Å². The average molecular weight is 263 g/mol. The van der Waals surface area contributed by atoms with Gasteiger partial charge >= 0.3 is 0 Å². The largest absolute Gasteiger partial charge is 0.158 e. The molecule has 0 fully saturated rings. The lowest BCUT2D eigenvalue weighted by atomic mass is 10.3. The average Bonchev–Trinajstić information content (AvgIpc) is 2.31. The van der Waals surface area contributed by atoms with E-state index in [9.17, 15) is 0 Å². The molecule has 0 atom stereocenters. The molecule has 0 aromatic heterocycles. The Morgan fingerprint density at radius 1 is 0.778 bits per heavy atom. The molecule has 0 radical (unpaired) electrons. The van der Waals surface area contributed by atoms with E-state index in [2.05, 4.69) is 52.8 Å². The molecule has 0 saturated carbocycles. The van der Waals surface area contributed by atoms with Gasteiger partial charge in [-0.1, -0.05) is 61.3 Å². The van der Waals surface area contributed by atoms with Gasteiger partial charge in [0.25, 0.3) is 0 Å². The molecule has 0 unspecified atom stereocenters. The summed E-state index contributed by atoms with van der Waals surface area (Å²) < 4.78 is 0. The molecule has 0 amide bonds. The fraction of sp³-hybridized carbons (Fsp3) is 0.529. The maximum Gasteiger partial charge on any atom is 0.158 e. The van der Waals surface area contributed by atoms with Gasteiger partial charge in [0.05, 0.1) is 0 Å². The molecule has 0 aromatic rings. The highest BCUT2D eigenvalue weighted by molar-refractivity contribution is 7.02. The van der Waals surface area contributed by atoms with Crippen LogP contribution in [0, 0.1) is 0 Å². The van der Waals surface area contributed by atoms with E-state index < -0.39 is 8.07 Å². The standard InChI is InChI=1S/C17H30Si/c1-8-12-15(5)18(11-4,16(6)13-9-2)17(7)14-10-3/h11H,4-10,12-14H2,1-3H3. The van der Waals surface area contributed by atoms with Gasteiger partial charge in [0.2, 0.25) is 0 Å². The minimum Gasteiger partial charge on any atom is -0.106 e. The lowest BCUT2D eigenvalue weighted by Crippen LogP contribution is -2.40. The summed E-state index contributed by atoms with van der Waals surface area (Å²) >= 11 is 0. The molecule has 0 spiro atoms. The minimum atomic E-state index is -1.96. The summed E-state index contributed by atoms with van der Waals surface area (Å²) in [5.41, 5.74) is 2.15. The molecule has 0 saturated heterocycles. The van der Waals surface area contributed by atoms with Crippen molar-refractivity contribution in [1.29, 1.82) is 0 Å². The Hall–Kier alpha value is -0.823. The van der Waals surface area contributed by atoms with Crippen LogP contribution in [0.1, 0.15) is 59.3 Å². The molecule has 0 rings (SSSR count). The first-order chi connectivity index (χ1) is 8.50. The number of hydrogen-bond acceptors (Lipinski definition) is 0. The third-order valence-corrected chi connectivity index (χ3v) is 8.34. The van der Waals surface area contributed by atoms with Gasteiger partial charge < -0.3 is 0 Å². The van der Waals surface area contributed by atoms with Crippen LogP contribution in [-0.4, -0.2) is 8.07 Å². The van der Waals surface area contributed by atoms with Crippen LogP contribution in [0.4, 0.5) is 0 Å². The smallest absolute Gasteiger partial charge is 0.106 e. The van der Waals surface area contributed by atoms with Crippen LogP contribution >= 0.6 is 0 Å². The molecular formula is C17H30Si. The van der Waals surface area contributed by atoms with Gasteiger partial charge in [-0.2, -0.15) is 0 Å². The predicted octanol–water partition coefficient (Wildman–Crippen LogP) is 5.85. The zero-order chi connectivity index (χ0) is 14.2. The zero-order valence-corrected chi connectivity index (χ0v) is 13.6. The van der Waals surface area contributed by atoms with Crippen LogP contribution in [0.5, 0.6) is 0 Å². The Morgan fingerprint density at radius 2 is 1.06 bits per heavy atom.